The van der Waals surface area contributed by atoms with Crippen LogP contribution in [0.4, 0.5) is 0 Å². The normalized spacial score (nSPS) is 26.7. The molecule has 15 heavy (non-hydrogen) atoms. The van der Waals surface area contributed by atoms with Gasteiger partial charge in [-0.1, -0.05) is 6.07 Å². The molecule has 0 saturated carbocycles. The van der Waals surface area contributed by atoms with Crippen LogP contribution in [0, 0.1) is 6.92 Å². The van der Waals surface area contributed by atoms with Gasteiger partial charge < -0.3 is 5.32 Å². The van der Waals surface area contributed by atoms with E-state index in [9.17, 15) is 4.79 Å². The van der Waals surface area contributed by atoms with Crippen molar-refractivity contribution < 1.29 is 4.79 Å². The van der Waals surface area contributed by atoms with Crippen molar-refractivity contribution in [3.05, 3.63) is 29.6 Å². The molecule has 0 bridgehead atoms. The molecular weight excluding hydrogens is 188 g/mol. The molecule has 2 heterocycles. The van der Waals surface area contributed by atoms with E-state index >= 15 is 0 Å². The molecule has 3 heteroatoms. The van der Waals surface area contributed by atoms with E-state index in [0.717, 1.165) is 11.3 Å². The molecule has 2 unspecified atom stereocenters. The minimum atomic E-state index is 0.0989. The molecule has 2 rings (SSSR count). The molecule has 1 fully saturated rings. The van der Waals surface area contributed by atoms with Crippen LogP contribution in [-0.2, 0) is 4.79 Å². The maximum atomic E-state index is 11.5. The van der Waals surface area contributed by atoms with E-state index in [-0.39, 0.29) is 12.1 Å². The number of hydrogen-bond acceptors (Lipinski definition) is 3. The second-order valence-electron chi connectivity index (χ2n) is 4.33. The smallest absolute Gasteiger partial charge is 0.136 e. The van der Waals surface area contributed by atoms with Gasteiger partial charge in [-0.15, -0.1) is 0 Å². The molecule has 3 nitrogen and oxygen atoms in total. The fraction of sp³-hybridized carbons (Fsp3) is 0.500. The molecule has 0 aliphatic carbocycles. The summed E-state index contributed by atoms with van der Waals surface area (Å²) in [4.78, 5) is 15.8. The molecule has 0 spiro atoms. The van der Waals surface area contributed by atoms with Gasteiger partial charge in [-0.2, -0.15) is 0 Å². The first kappa shape index (κ1) is 10.3. The van der Waals surface area contributed by atoms with Crippen LogP contribution in [0.3, 0.4) is 0 Å². The van der Waals surface area contributed by atoms with E-state index in [1.54, 1.807) is 0 Å². The summed E-state index contributed by atoms with van der Waals surface area (Å²) in [6.07, 6.45) is 3.06. The van der Waals surface area contributed by atoms with Gasteiger partial charge >= 0.3 is 0 Å². The zero-order valence-electron chi connectivity index (χ0n) is 9.16. The quantitative estimate of drug-likeness (QED) is 0.758. The lowest BCUT2D eigenvalue weighted by molar-refractivity contribution is -0.121. The molecule has 1 aromatic rings. The second kappa shape index (κ2) is 4.11. The van der Waals surface area contributed by atoms with Gasteiger partial charge in [0.05, 0.1) is 11.7 Å². The average Bonchev–Trinajstić information content (AvgIpc) is 2.17. The van der Waals surface area contributed by atoms with Gasteiger partial charge in [0.1, 0.15) is 5.78 Å². The summed E-state index contributed by atoms with van der Waals surface area (Å²) in [5.41, 5.74) is 2.12. The van der Waals surface area contributed by atoms with Gasteiger partial charge in [0.25, 0.3) is 0 Å². The summed E-state index contributed by atoms with van der Waals surface area (Å²) < 4.78 is 0. The topological polar surface area (TPSA) is 42.0 Å². The lowest BCUT2D eigenvalue weighted by atomic mass is 9.96. The van der Waals surface area contributed by atoms with Crippen LogP contribution in [0.15, 0.2) is 18.3 Å². The third-order valence-corrected chi connectivity index (χ3v) is 2.74. The Morgan fingerprint density at radius 2 is 2.20 bits per heavy atom. The van der Waals surface area contributed by atoms with Crippen LogP contribution in [-0.4, -0.2) is 16.8 Å². The van der Waals surface area contributed by atoms with Crippen LogP contribution in [0.2, 0.25) is 0 Å². The molecule has 1 aliphatic heterocycles. The van der Waals surface area contributed by atoms with Crippen molar-refractivity contribution >= 4 is 5.78 Å². The van der Waals surface area contributed by atoms with E-state index in [1.807, 2.05) is 32.2 Å². The van der Waals surface area contributed by atoms with E-state index in [0.29, 0.717) is 18.6 Å². The minimum Gasteiger partial charge on any atom is -0.305 e. The number of aryl methyl sites for hydroxylation is 1. The molecule has 80 valence electrons. The SMILES string of the molecule is Cc1ccc(C2CC(=O)CC(C)N2)nc1. The predicted octanol–water partition coefficient (Wildman–Crippen LogP) is 1.77. The van der Waals surface area contributed by atoms with E-state index in [4.69, 9.17) is 0 Å². The van der Waals surface area contributed by atoms with Crippen molar-refractivity contribution in [1.29, 1.82) is 0 Å². The van der Waals surface area contributed by atoms with Gasteiger partial charge in [0, 0.05) is 25.1 Å². The number of pyridine rings is 1. The van der Waals surface area contributed by atoms with Gasteiger partial charge in [0.2, 0.25) is 0 Å². The molecule has 1 N–H and O–H groups in total. The number of rotatable bonds is 1. The number of carbonyl (C=O) groups excluding carboxylic acids is 1. The zero-order chi connectivity index (χ0) is 10.8. The first-order chi connectivity index (χ1) is 7.15. The lowest BCUT2D eigenvalue weighted by Gasteiger charge is -2.27. The van der Waals surface area contributed by atoms with Crippen LogP contribution in [0.25, 0.3) is 0 Å². The molecule has 2 atom stereocenters. The van der Waals surface area contributed by atoms with E-state index in [2.05, 4.69) is 10.3 Å². The van der Waals surface area contributed by atoms with Crippen molar-refractivity contribution in [2.24, 2.45) is 0 Å². The Morgan fingerprint density at radius 1 is 1.40 bits per heavy atom. The fourth-order valence-electron chi connectivity index (χ4n) is 1.99. The number of hydrogen-bond donors (Lipinski definition) is 1. The van der Waals surface area contributed by atoms with Crippen molar-refractivity contribution in [3.63, 3.8) is 0 Å². The van der Waals surface area contributed by atoms with Crippen LogP contribution in [0.5, 0.6) is 0 Å². The number of ketones is 1. The molecule has 0 aromatic carbocycles. The largest absolute Gasteiger partial charge is 0.305 e. The van der Waals surface area contributed by atoms with Gasteiger partial charge in [-0.3, -0.25) is 9.78 Å². The molecule has 1 aromatic heterocycles. The monoisotopic (exact) mass is 204 g/mol. The third kappa shape index (κ3) is 2.42. The summed E-state index contributed by atoms with van der Waals surface area (Å²) in [5, 5.41) is 3.40. The maximum Gasteiger partial charge on any atom is 0.136 e. The highest BCUT2D eigenvalue weighted by Gasteiger charge is 2.25. The van der Waals surface area contributed by atoms with Crippen LogP contribution < -0.4 is 5.32 Å². The highest BCUT2D eigenvalue weighted by molar-refractivity contribution is 5.80. The Kier molecular flexibility index (Phi) is 2.82. The lowest BCUT2D eigenvalue weighted by Crippen LogP contribution is -2.39. The Balaban J connectivity index is 2.16. The van der Waals surface area contributed by atoms with Gasteiger partial charge in [-0.25, -0.2) is 0 Å². The fourth-order valence-corrected chi connectivity index (χ4v) is 1.99. The summed E-state index contributed by atoms with van der Waals surface area (Å²) in [6, 6.07) is 4.40. The number of nitrogens with one attached hydrogen (secondary N) is 1. The molecule has 1 aliphatic rings. The predicted molar refractivity (Wildman–Crippen MR) is 58.6 cm³/mol. The summed E-state index contributed by atoms with van der Waals surface area (Å²) >= 11 is 0. The minimum absolute atomic E-state index is 0.0989. The molecule has 0 radical (unpaired) electrons. The highest BCUT2D eigenvalue weighted by Crippen LogP contribution is 2.21. The van der Waals surface area contributed by atoms with Gasteiger partial charge in [-0.05, 0) is 25.5 Å². The maximum absolute atomic E-state index is 11.5. The van der Waals surface area contributed by atoms with Crippen LogP contribution in [0.1, 0.15) is 37.1 Å². The van der Waals surface area contributed by atoms with E-state index < -0.39 is 0 Å². The van der Waals surface area contributed by atoms with E-state index in [1.165, 1.54) is 0 Å². The highest BCUT2D eigenvalue weighted by atomic mass is 16.1. The second-order valence-corrected chi connectivity index (χ2v) is 4.33. The molecule has 0 amide bonds. The van der Waals surface area contributed by atoms with Crippen LogP contribution >= 0.6 is 0 Å². The summed E-state index contributed by atoms with van der Waals surface area (Å²) in [7, 11) is 0. The van der Waals surface area contributed by atoms with Gasteiger partial charge in [0.15, 0.2) is 0 Å². The van der Waals surface area contributed by atoms with Crippen molar-refractivity contribution in [2.45, 2.75) is 38.8 Å². The van der Waals surface area contributed by atoms with Crippen molar-refractivity contribution in [3.8, 4) is 0 Å². The third-order valence-electron chi connectivity index (χ3n) is 2.74. The number of Topliss-reactive ketones (excluding diaryl/α,β-unsaturated/α-hetero) is 1. The first-order valence-electron chi connectivity index (χ1n) is 5.35. The van der Waals surface area contributed by atoms with Crippen molar-refractivity contribution in [1.82, 2.24) is 10.3 Å². The average molecular weight is 204 g/mol. The number of piperidine rings is 1. The first-order valence-corrected chi connectivity index (χ1v) is 5.35. The number of aromatic nitrogens is 1. The standard InChI is InChI=1S/C12H16N2O/c1-8-3-4-11(13-7-8)12-6-10(15)5-9(2)14-12/h3-4,7,9,12,14H,5-6H2,1-2H3. The zero-order valence-corrected chi connectivity index (χ0v) is 9.16. The van der Waals surface area contributed by atoms with Crippen molar-refractivity contribution in [2.75, 3.05) is 0 Å². The number of carbonyl (C=O) groups is 1. The Morgan fingerprint density at radius 3 is 2.80 bits per heavy atom. The summed E-state index contributed by atoms with van der Waals surface area (Å²) in [6.45, 7) is 4.05. The Bertz CT molecular complexity index is 358. The summed E-state index contributed by atoms with van der Waals surface area (Å²) in [5.74, 6) is 0.327. The number of nitrogens with zero attached hydrogens (tertiary/aromatic N) is 1. The molecular formula is C12H16N2O. The Labute approximate surface area is 89.9 Å². The Hall–Kier alpha value is -1.22. The molecule has 1 saturated heterocycles.